The van der Waals surface area contributed by atoms with E-state index in [2.05, 4.69) is 20.5 Å². The van der Waals surface area contributed by atoms with Gasteiger partial charge in [0.15, 0.2) is 11.0 Å². The molecule has 9 heteroatoms. The molecule has 2 amide bonds. The number of benzene rings is 1. The number of para-hydroxylation sites is 2. The van der Waals surface area contributed by atoms with Crippen molar-refractivity contribution in [3.63, 3.8) is 0 Å². The van der Waals surface area contributed by atoms with Crippen LogP contribution >= 0.6 is 11.8 Å². The standard InChI is InChI=1S/C20H20N6O2S/c1-13-10-17(27)22-15-7-3-4-8-16(15)26(13)18(28)12-29-20-24-23-19(25(20)2)14-6-5-9-21-11-14/h3-9,11,13H,10,12H2,1-2H3,(H,22,27). The van der Waals surface area contributed by atoms with Crippen molar-refractivity contribution in [2.24, 2.45) is 7.05 Å². The van der Waals surface area contributed by atoms with Gasteiger partial charge in [-0.3, -0.25) is 14.6 Å². The summed E-state index contributed by atoms with van der Waals surface area (Å²) >= 11 is 1.32. The number of amides is 2. The lowest BCUT2D eigenvalue weighted by atomic mass is 10.2. The summed E-state index contributed by atoms with van der Waals surface area (Å²) in [5, 5.41) is 11.9. The maximum atomic E-state index is 13.1. The number of nitrogens with one attached hydrogen (secondary N) is 1. The third-order valence-electron chi connectivity index (χ3n) is 4.71. The summed E-state index contributed by atoms with van der Waals surface area (Å²) in [5.41, 5.74) is 2.23. The molecule has 0 saturated carbocycles. The highest BCUT2D eigenvalue weighted by Gasteiger charge is 2.29. The fourth-order valence-electron chi connectivity index (χ4n) is 3.35. The van der Waals surface area contributed by atoms with Crippen molar-refractivity contribution in [3.05, 3.63) is 48.8 Å². The smallest absolute Gasteiger partial charge is 0.237 e. The molecule has 4 rings (SSSR count). The zero-order valence-corrected chi connectivity index (χ0v) is 16.9. The molecule has 1 N–H and O–H groups in total. The Kier molecular flexibility index (Phi) is 5.30. The second kappa shape index (κ2) is 8.04. The first-order valence-corrected chi connectivity index (χ1v) is 10.2. The van der Waals surface area contributed by atoms with Gasteiger partial charge in [-0.25, -0.2) is 0 Å². The molecule has 2 aromatic heterocycles. The minimum Gasteiger partial charge on any atom is -0.324 e. The summed E-state index contributed by atoms with van der Waals surface area (Å²) in [4.78, 5) is 31.0. The van der Waals surface area contributed by atoms with Crippen molar-refractivity contribution < 1.29 is 9.59 Å². The molecule has 0 bridgehead atoms. The molecule has 1 aliphatic rings. The molecule has 29 heavy (non-hydrogen) atoms. The van der Waals surface area contributed by atoms with Gasteiger partial charge in [0.25, 0.3) is 0 Å². The Morgan fingerprint density at radius 2 is 2.07 bits per heavy atom. The molecule has 1 atom stereocenters. The second-order valence-corrected chi connectivity index (χ2v) is 7.72. The van der Waals surface area contributed by atoms with Gasteiger partial charge in [0.2, 0.25) is 11.8 Å². The van der Waals surface area contributed by atoms with E-state index in [0.29, 0.717) is 22.4 Å². The van der Waals surface area contributed by atoms with Gasteiger partial charge >= 0.3 is 0 Å². The van der Waals surface area contributed by atoms with Crippen LogP contribution in [0.15, 0.2) is 53.9 Å². The number of carbonyl (C=O) groups excluding carboxylic acids is 2. The van der Waals surface area contributed by atoms with Crippen LogP contribution in [-0.4, -0.2) is 43.4 Å². The first-order valence-electron chi connectivity index (χ1n) is 9.18. The number of thioether (sulfide) groups is 1. The van der Waals surface area contributed by atoms with Crippen molar-refractivity contribution in [1.82, 2.24) is 19.7 Å². The third-order valence-corrected chi connectivity index (χ3v) is 5.71. The molecular formula is C20H20N6O2S. The highest BCUT2D eigenvalue weighted by atomic mass is 32.2. The summed E-state index contributed by atoms with van der Waals surface area (Å²) in [6.07, 6.45) is 3.68. The average molecular weight is 408 g/mol. The van der Waals surface area contributed by atoms with E-state index < -0.39 is 0 Å². The summed E-state index contributed by atoms with van der Waals surface area (Å²) in [6.45, 7) is 1.88. The normalized spacial score (nSPS) is 16.1. The van der Waals surface area contributed by atoms with Crippen LogP contribution in [0.4, 0.5) is 11.4 Å². The van der Waals surface area contributed by atoms with Crippen molar-refractivity contribution in [2.75, 3.05) is 16.0 Å². The number of carbonyl (C=O) groups is 2. The number of hydrogen-bond donors (Lipinski definition) is 1. The molecule has 148 valence electrons. The summed E-state index contributed by atoms with van der Waals surface area (Å²) in [6, 6.07) is 10.9. The van der Waals surface area contributed by atoms with Gasteiger partial charge in [-0.1, -0.05) is 23.9 Å². The monoisotopic (exact) mass is 408 g/mol. The van der Waals surface area contributed by atoms with Crippen LogP contribution in [-0.2, 0) is 16.6 Å². The molecular weight excluding hydrogens is 388 g/mol. The van der Waals surface area contributed by atoms with Crippen molar-refractivity contribution >= 4 is 35.0 Å². The topological polar surface area (TPSA) is 93.0 Å². The van der Waals surface area contributed by atoms with Crippen LogP contribution in [0, 0.1) is 0 Å². The molecule has 1 aliphatic heterocycles. The van der Waals surface area contributed by atoms with Crippen LogP contribution in [0.25, 0.3) is 11.4 Å². The van der Waals surface area contributed by atoms with E-state index in [1.54, 1.807) is 17.3 Å². The van der Waals surface area contributed by atoms with Crippen LogP contribution in [0.5, 0.6) is 0 Å². The molecule has 1 aromatic carbocycles. The Morgan fingerprint density at radius 1 is 1.24 bits per heavy atom. The Balaban J connectivity index is 1.53. The summed E-state index contributed by atoms with van der Waals surface area (Å²) in [7, 11) is 1.86. The van der Waals surface area contributed by atoms with Crippen molar-refractivity contribution in [1.29, 1.82) is 0 Å². The number of rotatable bonds is 4. The Morgan fingerprint density at radius 3 is 2.86 bits per heavy atom. The molecule has 0 saturated heterocycles. The molecule has 0 fully saturated rings. The Bertz CT molecular complexity index is 1050. The lowest BCUT2D eigenvalue weighted by Gasteiger charge is -2.27. The van der Waals surface area contributed by atoms with Crippen LogP contribution in [0.3, 0.4) is 0 Å². The zero-order chi connectivity index (χ0) is 20.4. The highest BCUT2D eigenvalue weighted by molar-refractivity contribution is 7.99. The minimum absolute atomic E-state index is 0.0858. The van der Waals surface area contributed by atoms with E-state index >= 15 is 0 Å². The molecule has 1 unspecified atom stereocenters. The molecule has 3 aromatic rings. The number of anilines is 2. The van der Waals surface area contributed by atoms with Crippen molar-refractivity contribution in [2.45, 2.75) is 24.5 Å². The largest absolute Gasteiger partial charge is 0.324 e. The Labute approximate surface area is 172 Å². The zero-order valence-electron chi connectivity index (χ0n) is 16.1. The van der Waals surface area contributed by atoms with Gasteiger partial charge in [-0.2, -0.15) is 0 Å². The summed E-state index contributed by atoms with van der Waals surface area (Å²) in [5.74, 6) is 0.697. The molecule has 0 radical (unpaired) electrons. The predicted octanol–water partition coefficient (Wildman–Crippen LogP) is 2.73. The number of hydrogen-bond acceptors (Lipinski definition) is 6. The van der Waals surface area contributed by atoms with Crippen LogP contribution < -0.4 is 10.2 Å². The molecule has 0 aliphatic carbocycles. The van der Waals surface area contributed by atoms with Crippen molar-refractivity contribution in [3.8, 4) is 11.4 Å². The molecule has 3 heterocycles. The number of aromatic nitrogens is 4. The maximum absolute atomic E-state index is 13.1. The fraction of sp³-hybridized carbons (Fsp3) is 0.250. The van der Waals surface area contributed by atoms with E-state index in [1.165, 1.54) is 11.8 Å². The summed E-state index contributed by atoms with van der Waals surface area (Å²) < 4.78 is 1.85. The lowest BCUT2D eigenvalue weighted by Crippen LogP contribution is -2.40. The van der Waals surface area contributed by atoms with E-state index in [0.717, 1.165) is 5.56 Å². The van der Waals surface area contributed by atoms with Gasteiger partial charge in [-0.05, 0) is 31.2 Å². The highest BCUT2D eigenvalue weighted by Crippen LogP contribution is 2.32. The minimum atomic E-state index is -0.239. The quantitative estimate of drug-likeness (QED) is 0.667. The van der Waals surface area contributed by atoms with Crippen LogP contribution in [0.1, 0.15) is 13.3 Å². The lowest BCUT2D eigenvalue weighted by molar-refractivity contribution is -0.117. The number of nitrogens with zero attached hydrogens (tertiary/aromatic N) is 5. The van der Waals surface area contributed by atoms with Crippen LogP contribution in [0.2, 0.25) is 0 Å². The predicted molar refractivity (Wildman–Crippen MR) is 112 cm³/mol. The first kappa shape index (κ1) is 19.1. The van der Waals surface area contributed by atoms with Gasteiger partial charge in [-0.15, -0.1) is 10.2 Å². The van der Waals surface area contributed by atoms with Gasteiger partial charge in [0.05, 0.1) is 17.1 Å². The maximum Gasteiger partial charge on any atom is 0.237 e. The third kappa shape index (κ3) is 3.86. The van der Waals surface area contributed by atoms with E-state index in [9.17, 15) is 9.59 Å². The van der Waals surface area contributed by atoms with Gasteiger partial charge < -0.3 is 14.8 Å². The van der Waals surface area contributed by atoms with E-state index in [1.807, 2.05) is 54.9 Å². The molecule has 0 spiro atoms. The van der Waals surface area contributed by atoms with E-state index in [4.69, 9.17) is 0 Å². The van der Waals surface area contributed by atoms with E-state index in [-0.39, 0.29) is 30.0 Å². The number of fused-ring (bicyclic) bond motifs is 1. The second-order valence-electron chi connectivity index (χ2n) is 6.78. The van der Waals surface area contributed by atoms with Gasteiger partial charge in [0.1, 0.15) is 0 Å². The Hall–Kier alpha value is -3.20. The number of pyridine rings is 1. The van der Waals surface area contributed by atoms with Gasteiger partial charge in [0, 0.05) is 37.5 Å². The SMILES string of the molecule is CC1CC(=O)Nc2ccccc2N1C(=O)CSc1nnc(-c2cccnc2)n1C. The average Bonchev–Trinajstić information content (AvgIpc) is 3.02. The fourth-order valence-corrected chi connectivity index (χ4v) is 4.12. The first-order chi connectivity index (χ1) is 14.0. The molecule has 8 nitrogen and oxygen atoms in total.